The zero-order valence-corrected chi connectivity index (χ0v) is 18.3. The molecule has 5 nitrogen and oxygen atoms in total. The van der Waals surface area contributed by atoms with Crippen LogP contribution in [0.4, 0.5) is 0 Å². The second kappa shape index (κ2) is 7.49. The fourth-order valence-electron chi connectivity index (χ4n) is 8.68. The van der Waals surface area contributed by atoms with E-state index in [0.717, 1.165) is 44.9 Å². The molecule has 4 aliphatic carbocycles. The molecule has 166 valence electrons. The second-order valence-corrected chi connectivity index (χ2v) is 11.4. The molecule has 5 heteroatoms. The van der Waals surface area contributed by atoms with Gasteiger partial charge in [-0.2, -0.15) is 0 Å². The van der Waals surface area contributed by atoms with Gasteiger partial charge in [0, 0.05) is 6.42 Å². The van der Waals surface area contributed by atoms with Crippen LogP contribution >= 0.6 is 0 Å². The van der Waals surface area contributed by atoms with Gasteiger partial charge in [-0.3, -0.25) is 4.79 Å². The normalized spacial score (nSPS) is 52.9. The van der Waals surface area contributed by atoms with E-state index >= 15 is 0 Å². The first kappa shape index (κ1) is 21.6. The van der Waals surface area contributed by atoms with Crippen molar-refractivity contribution in [1.82, 2.24) is 0 Å². The highest BCUT2D eigenvalue weighted by Gasteiger charge is 2.65. The molecule has 0 radical (unpaired) electrons. The number of carbonyl (C=O) groups is 1. The van der Waals surface area contributed by atoms with Crippen molar-refractivity contribution >= 4 is 5.97 Å². The predicted octanol–water partition coefficient (Wildman–Crippen LogP) is 3.45. The summed E-state index contributed by atoms with van der Waals surface area (Å²) in [5.74, 6) is 0.997. The lowest BCUT2D eigenvalue weighted by atomic mass is 9.43. The topological polar surface area (TPSA) is 98.0 Å². The minimum absolute atomic E-state index is 0.0957. The molecule has 4 fully saturated rings. The summed E-state index contributed by atoms with van der Waals surface area (Å²) < 4.78 is 0. The second-order valence-electron chi connectivity index (χ2n) is 11.4. The minimum Gasteiger partial charge on any atom is -0.481 e. The van der Waals surface area contributed by atoms with E-state index in [-0.39, 0.29) is 41.3 Å². The van der Waals surface area contributed by atoms with Gasteiger partial charge in [0.25, 0.3) is 0 Å². The van der Waals surface area contributed by atoms with Crippen LogP contribution in [0.25, 0.3) is 0 Å². The summed E-state index contributed by atoms with van der Waals surface area (Å²) in [6.07, 6.45) is 6.00. The van der Waals surface area contributed by atoms with Crippen LogP contribution in [0.15, 0.2) is 0 Å². The van der Waals surface area contributed by atoms with Crippen molar-refractivity contribution in [2.45, 2.75) is 96.9 Å². The van der Waals surface area contributed by atoms with E-state index in [0.29, 0.717) is 30.1 Å². The summed E-state index contributed by atoms with van der Waals surface area (Å²) in [7, 11) is 0. The molecule has 0 spiro atoms. The van der Waals surface area contributed by atoms with Gasteiger partial charge in [-0.25, -0.2) is 0 Å². The van der Waals surface area contributed by atoms with Gasteiger partial charge in [0.2, 0.25) is 0 Å². The average Bonchev–Trinajstić information content (AvgIpc) is 3.01. The first-order chi connectivity index (χ1) is 13.6. The van der Waals surface area contributed by atoms with Crippen LogP contribution in [0.1, 0.15) is 78.6 Å². The first-order valence-electron chi connectivity index (χ1n) is 11.8. The summed E-state index contributed by atoms with van der Waals surface area (Å²) >= 11 is 0. The van der Waals surface area contributed by atoms with Crippen molar-refractivity contribution in [3.05, 3.63) is 0 Å². The molecule has 0 aromatic carbocycles. The summed E-state index contributed by atoms with van der Waals surface area (Å²) in [5.41, 5.74) is -0.143. The number of carboxylic acid groups (broad SMARTS) is 1. The van der Waals surface area contributed by atoms with Gasteiger partial charge in [-0.05, 0) is 97.7 Å². The Morgan fingerprint density at radius 1 is 1.03 bits per heavy atom. The molecule has 4 aliphatic rings. The standard InChI is InChI=1S/C24H40O5/c1-13(4-7-21(28)29)16-5-6-17-22-18(12-20(27)24(16,17)3)23(2)9-8-15(25)10-14(23)11-19(22)26/h13-20,22,25-27H,4-12H2,1-3H3,(H,28,29)/t13-,14+,15-,16-,17?,18?,19-,20+,22?,23+,24-/m1/s1. The highest BCUT2D eigenvalue weighted by Crippen LogP contribution is 2.68. The largest absolute Gasteiger partial charge is 0.481 e. The first-order valence-corrected chi connectivity index (χ1v) is 11.8. The predicted molar refractivity (Wildman–Crippen MR) is 110 cm³/mol. The van der Waals surface area contributed by atoms with Crippen LogP contribution in [-0.4, -0.2) is 44.7 Å². The molecule has 0 heterocycles. The molecular formula is C24H40O5. The summed E-state index contributed by atoms with van der Waals surface area (Å²) in [5, 5.41) is 42.0. The van der Waals surface area contributed by atoms with E-state index in [1.807, 2.05) is 0 Å². The average molecular weight is 409 g/mol. The van der Waals surface area contributed by atoms with Crippen molar-refractivity contribution in [3.8, 4) is 0 Å². The zero-order valence-electron chi connectivity index (χ0n) is 18.3. The molecule has 4 rings (SSSR count). The Morgan fingerprint density at radius 2 is 1.76 bits per heavy atom. The number of aliphatic carboxylic acids is 1. The quantitative estimate of drug-likeness (QED) is 0.571. The number of fused-ring (bicyclic) bond motifs is 5. The molecule has 11 atom stereocenters. The third-order valence-corrected chi connectivity index (χ3v) is 10.3. The van der Waals surface area contributed by atoms with Crippen molar-refractivity contribution in [3.63, 3.8) is 0 Å². The number of aliphatic hydroxyl groups excluding tert-OH is 3. The monoisotopic (exact) mass is 408 g/mol. The van der Waals surface area contributed by atoms with Crippen molar-refractivity contribution < 1.29 is 25.2 Å². The van der Waals surface area contributed by atoms with Gasteiger partial charge in [0.05, 0.1) is 18.3 Å². The molecule has 4 saturated carbocycles. The fraction of sp³-hybridized carbons (Fsp3) is 0.958. The molecule has 0 aliphatic heterocycles. The molecule has 0 amide bonds. The fourth-order valence-corrected chi connectivity index (χ4v) is 8.68. The Kier molecular flexibility index (Phi) is 5.57. The SMILES string of the molecule is C[C@H](CCC(=O)O)[C@H]1CCC2C3C(C[C@H](O)[C@@]21C)[C@@]1(C)CC[C@@H](O)C[C@H]1C[C@H]3O. The molecular weight excluding hydrogens is 368 g/mol. The smallest absolute Gasteiger partial charge is 0.303 e. The Bertz CT molecular complexity index is 637. The Labute approximate surface area is 174 Å². The Hall–Kier alpha value is -0.650. The van der Waals surface area contributed by atoms with E-state index in [1.54, 1.807) is 0 Å². The third-order valence-electron chi connectivity index (χ3n) is 10.3. The number of hydrogen-bond acceptors (Lipinski definition) is 4. The van der Waals surface area contributed by atoms with Crippen molar-refractivity contribution in [2.75, 3.05) is 0 Å². The lowest BCUT2D eigenvalue weighted by Crippen LogP contribution is -2.62. The molecule has 0 aromatic rings. The van der Waals surface area contributed by atoms with Gasteiger partial charge in [-0.15, -0.1) is 0 Å². The number of aliphatic hydroxyl groups is 3. The van der Waals surface area contributed by atoms with Crippen LogP contribution < -0.4 is 0 Å². The zero-order chi connectivity index (χ0) is 21.1. The van der Waals surface area contributed by atoms with Gasteiger partial charge >= 0.3 is 5.97 Å². The summed E-state index contributed by atoms with van der Waals surface area (Å²) in [6.45, 7) is 6.72. The van der Waals surface area contributed by atoms with Crippen molar-refractivity contribution in [1.29, 1.82) is 0 Å². The Balaban J connectivity index is 1.61. The van der Waals surface area contributed by atoms with E-state index < -0.39 is 12.1 Å². The summed E-state index contributed by atoms with van der Waals surface area (Å²) in [6, 6.07) is 0. The maximum absolute atomic E-state index is 11.5. The number of rotatable bonds is 4. The molecule has 0 bridgehead atoms. The van der Waals surface area contributed by atoms with Gasteiger partial charge in [0.15, 0.2) is 0 Å². The molecule has 29 heavy (non-hydrogen) atoms. The summed E-state index contributed by atoms with van der Waals surface area (Å²) in [4.78, 5) is 11.1. The molecule has 0 aromatic heterocycles. The third kappa shape index (κ3) is 3.27. The van der Waals surface area contributed by atoms with Gasteiger partial charge < -0.3 is 20.4 Å². The minimum atomic E-state index is -0.748. The Morgan fingerprint density at radius 3 is 2.45 bits per heavy atom. The number of hydrogen-bond donors (Lipinski definition) is 4. The van der Waals surface area contributed by atoms with E-state index in [4.69, 9.17) is 5.11 Å². The van der Waals surface area contributed by atoms with E-state index in [9.17, 15) is 20.1 Å². The van der Waals surface area contributed by atoms with Crippen LogP contribution in [0.2, 0.25) is 0 Å². The molecule has 4 N–H and O–H groups in total. The van der Waals surface area contributed by atoms with Crippen LogP contribution in [0.3, 0.4) is 0 Å². The van der Waals surface area contributed by atoms with Crippen LogP contribution in [-0.2, 0) is 4.79 Å². The highest BCUT2D eigenvalue weighted by atomic mass is 16.4. The van der Waals surface area contributed by atoms with Gasteiger partial charge in [-0.1, -0.05) is 20.8 Å². The maximum Gasteiger partial charge on any atom is 0.303 e. The van der Waals surface area contributed by atoms with E-state index in [1.165, 1.54) is 0 Å². The molecule has 0 saturated heterocycles. The van der Waals surface area contributed by atoms with Crippen LogP contribution in [0, 0.1) is 46.3 Å². The number of carboxylic acids is 1. The van der Waals surface area contributed by atoms with Gasteiger partial charge in [0.1, 0.15) is 0 Å². The lowest BCUT2D eigenvalue weighted by molar-refractivity contribution is -0.207. The van der Waals surface area contributed by atoms with E-state index in [2.05, 4.69) is 20.8 Å². The lowest BCUT2D eigenvalue weighted by Gasteiger charge is -2.63. The molecule has 3 unspecified atom stereocenters. The maximum atomic E-state index is 11.5. The van der Waals surface area contributed by atoms with Crippen molar-refractivity contribution in [2.24, 2.45) is 46.3 Å². The van der Waals surface area contributed by atoms with Crippen LogP contribution in [0.5, 0.6) is 0 Å². The highest BCUT2D eigenvalue weighted by molar-refractivity contribution is 5.66.